The smallest absolute Gasteiger partial charge is 0.00139 e. The molecule has 0 radical (unpaired) electrons. The van der Waals surface area contributed by atoms with E-state index in [9.17, 15) is 0 Å². The van der Waals surface area contributed by atoms with E-state index in [1.54, 1.807) is 5.57 Å². The van der Waals surface area contributed by atoms with Gasteiger partial charge in [0.1, 0.15) is 0 Å². The highest BCUT2D eigenvalue weighted by Gasteiger charge is 2.44. The van der Waals surface area contributed by atoms with Crippen LogP contribution in [0.25, 0.3) is 0 Å². The molecule has 1 fully saturated rings. The molecular formula is C15H27N. The molecule has 0 amide bonds. The summed E-state index contributed by atoms with van der Waals surface area (Å²) in [5.74, 6) is 2.40. The highest BCUT2D eigenvalue weighted by molar-refractivity contribution is 5.22. The SMILES string of the molecule is C[C@H](CN)C1=CCC[C@H]2[C@@H](C)CCC[C@]12C. The van der Waals surface area contributed by atoms with Crippen LogP contribution in [0, 0.1) is 23.2 Å². The van der Waals surface area contributed by atoms with Crippen molar-refractivity contribution in [2.45, 2.75) is 52.9 Å². The van der Waals surface area contributed by atoms with Gasteiger partial charge >= 0.3 is 0 Å². The summed E-state index contributed by atoms with van der Waals surface area (Å²) < 4.78 is 0. The highest BCUT2D eigenvalue weighted by atomic mass is 14.6. The van der Waals surface area contributed by atoms with Crippen molar-refractivity contribution in [3.8, 4) is 0 Å². The molecule has 1 nitrogen and oxygen atoms in total. The fourth-order valence-electron chi connectivity index (χ4n) is 4.31. The lowest BCUT2D eigenvalue weighted by Crippen LogP contribution is -2.42. The maximum atomic E-state index is 5.88. The minimum atomic E-state index is 0.467. The average molecular weight is 221 g/mol. The number of fused-ring (bicyclic) bond motifs is 1. The standard InChI is InChI=1S/C15H27N/c1-11-6-5-9-15(3)13(11)7-4-8-14(15)12(2)10-16/h8,11-13H,4-7,9-10,16H2,1-3H3/t11-,12+,13-,15-/m0/s1. The first-order chi connectivity index (χ1) is 7.59. The predicted octanol–water partition coefficient (Wildman–Crippen LogP) is 3.74. The molecular weight excluding hydrogens is 194 g/mol. The zero-order valence-electron chi connectivity index (χ0n) is 11.1. The third-order valence-electron chi connectivity index (χ3n) is 5.25. The van der Waals surface area contributed by atoms with E-state index in [4.69, 9.17) is 5.73 Å². The Balaban J connectivity index is 2.29. The fraction of sp³-hybridized carbons (Fsp3) is 0.867. The van der Waals surface area contributed by atoms with Gasteiger partial charge in [-0.15, -0.1) is 0 Å². The van der Waals surface area contributed by atoms with E-state index in [0.29, 0.717) is 11.3 Å². The van der Waals surface area contributed by atoms with Crippen LogP contribution in [0.1, 0.15) is 52.9 Å². The van der Waals surface area contributed by atoms with Crippen molar-refractivity contribution in [1.29, 1.82) is 0 Å². The maximum Gasteiger partial charge on any atom is -0.00139 e. The second-order valence-corrected chi connectivity index (χ2v) is 6.27. The van der Waals surface area contributed by atoms with Crippen LogP contribution < -0.4 is 5.73 Å². The van der Waals surface area contributed by atoms with Gasteiger partial charge < -0.3 is 5.73 Å². The van der Waals surface area contributed by atoms with Crippen molar-refractivity contribution in [3.63, 3.8) is 0 Å². The first-order valence-corrected chi connectivity index (χ1v) is 7.00. The Kier molecular flexibility index (Phi) is 3.44. The van der Waals surface area contributed by atoms with Crippen molar-refractivity contribution in [1.82, 2.24) is 0 Å². The number of nitrogens with two attached hydrogens (primary N) is 1. The van der Waals surface area contributed by atoms with Gasteiger partial charge in [0.05, 0.1) is 0 Å². The van der Waals surface area contributed by atoms with Gasteiger partial charge in [-0.25, -0.2) is 0 Å². The van der Waals surface area contributed by atoms with Gasteiger partial charge in [-0.2, -0.15) is 0 Å². The third-order valence-corrected chi connectivity index (χ3v) is 5.25. The maximum absolute atomic E-state index is 5.88. The molecule has 0 aromatic carbocycles. The van der Waals surface area contributed by atoms with E-state index in [1.807, 2.05) is 0 Å². The van der Waals surface area contributed by atoms with Gasteiger partial charge in [0, 0.05) is 0 Å². The van der Waals surface area contributed by atoms with E-state index in [-0.39, 0.29) is 0 Å². The number of hydrogen-bond acceptors (Lipinski definition) is 1. The Morgan fingerprint density at radius 3 is 2.94 bits per heavy atom. The second kappa shape index (κ2) is 4.52. The molecule has 0 unspecified atom stereocenters. The van der Waals surface area contributed by atoms with Crippen LogP contribution in [-0.4, -0.2) is 6.54 Å². The molecule has 0 bridgehead atoms. The normalized spacial score (nSPS) is 41.1. The van der Waals surface area contributed by atoms with Gasteiger partial charge in [-0.3, -0.25) is 0 Å². The molecule has 1 saturated carbocycles. The van der Waals surface area contributed by atoms with Crippen molar-refractivity contribution in [3.05, 3.63) is 11.6 Å². The van der Waals surface area contributed by atoms with Crippen molar-refractivity contribution in [2.75, 3.05) is 6.54 Å². The molecule has 2 N–H and O–H groups in total. The molecule has 0 aromatic rings. The van der Waals surface area contributed by atoms with Crippen LogP contribution in [0.4, 0.5) is 0 Å². The van der Waals surface area contributed by atoms with Crippen molar-refractivity contribution >= 4 is 0 Å². The lowest BCUT2D eigenvalue weighted by Gasteiger charge is -2.50. The molecule has 0 aromatic heterocycles. The van der Waals surface area contributed by atoms with Crippen LogP contribution in [0.2, 0.25) is 0 Å². The Morgan fingerprint density at radius 2 is 2.25 bits per heavy atom. The molecule has 0 heterocycles. The predicted molar refractivity (Wildman–Crippen MR) is 70.1 cm³/mol. The summed E-state index contributed by atoms with van der Waals surface area (Å²) >= 11 is 0. The monoisotopic (exact) mass is 221 g/mol. The number of allylic oxidation sites excluding steroid dienone is 1. The van der Waals surface area contributed by atoms with Crippen LogP contribution >= 0.6 is 0 Å². The molecule has 2 aliphatic carbocycles. The molecule has 1 heteroatoms. The minimum Gasteiger partial charge on any atom is -0.330 e. The lowest BCUT2D eigenvalue weighted by molar-refractivity contribution is 0.0752. The quantitative estimate of drug-likeness (QED) is 0.706. The molecule has 2 aliphatic rings. The number of rotatable bonds is 2. The van der Waals surface area contributed by atoms with Gasteiger partial charge in [0.2, 0.25) is 0 Å². The Hall–Kier alpha value is -0.300. The van der Waals surface area contributed by atoms with Gasteiger partial charge in [0.25, 0.3) is 0 Å². The zero-order chi connectivity index (χ0) is 11.8. The summed E-state index contributed by atoms with van der Waals surface area (Å²) in [6.07, 6.45) is 9.42. The van der Waals surface area contributed by atoms with Crippen molar-refractivity contribution in [2.24, 2.45) is 28.9 Å². The summed E-state index contributed by atoms with van der Waals surface area (Å²) in [7, 11) is 0. The van der Waals surface area contributed by atoms with Crippen LogP contribution in [-0.2, 0) is 0 Å². The largest absolute Gasteiger partial charge is 0.330 e. The molecule has 16 heavy (non-hydrogen) atoms. The zero-order valence-corrected chi connectivity index (χ0v) is 11.1. The van der Waals surface area contributed by atoms with Gasteiger partial charge in [-0.1, -0.05) is 45.3 Å². The third kappa shape index (κ3) is 1.84. The van der Waals surface area contributed by atoms with E-state index < -0.39 is 0 Å². The number of hydrogen-bond donors (Lipinski definition) is 1. The van der Waals surface area contributed by atoms with E-state index in [1.165, 1.54) is 32.1 Å². The molecule has 0 aliphatic heterocycles. The Bertz CT molecular complexity index is 281. The fourth-order valence-corrected chi connectivity index (χ4v) is 4.31. The molecule has 0 saturated heterocycles. The van der Waals surface area contributed by atoms with Crippen LogP contribution in [0.15, 0.2) is 11.6 Å². The first-order valence-electron chi connectivity index (χ1n) is 7.00. The minimum absolute atomic E-state index is 0.467. The molecule has 2 rings (SSSR count). The summed E-state index contributed by atoms with van der Waals surface area (Å²) in [4.78, 5) is 0. The highest BCUT2D eigenvalue weighted by Crippen LogP contribution is 2.54. The first kappa shape index (κ1) is 12.2. The summed E-state index contributed by atoms with van der Waals surface area (Å²) in [6.45, 7) is 8.07. The average Bonchev–Trinajstić information content (AvgIpc) is 2.27. The van der Waals surface area contributed by atoms with Crippen LogP contribution in [0.5, 0.6) is 0 Å². The van der Waals surface area contributed by atoms with E-state index in [2.05, 4.69) is 26.8 Å². The summed E-state index contributed by atoms with van der Waals surface area (Å²) in [5, 5.41) is 0. The summed E-state index contributed by atoms with van der Waals surface area (Å²) in [6, 6.07) is 0. The van der Waals surface area contributed by atoms with Gasteiger partial charge in [-0.05, 0) is 49.0 Å². The van der Waals surface area contributed by atoms with Gasteiger partial charge in [0.15, 0.2) is 0 Å². The second-order valence-electron chi connectivity index (χ2n) is 6.27. The molecule has 92 valence electrons. The topological polar surface area (TPSA) is 26.0 Å². The lowest BCUT2D eigenvalue weighted by atomic mass is 9.54. The van der Waals surface area contributed by atoms with Crippen molar-refractivity contribution < 1.29 is 0 Å². The van der Waals surface area contributed by atoms with Crippen LogP contribution in [0.3, 0.4) is 0 Å². The molecule has 4 atom stereocenters. The van der Waals surface area contributed by atoms with E-state index >= 15 is 0 Å². The Morgan fingerprint density at radius 1 is 1.50 bits per heavy atom. The van der Waals surface area contributed by atoms with E-state index in [0.717, 1.165) is 18.4 Å². The summed E-state index contributed by atoms with van der Waals surface area (Å²) in [5.41, 5.74) is 8.02. The Labute approximate surface area is 100 Å². The molecule has 0 spiro atoms.